The van der Waals surface area contributed by atoms with Crippen LogP contribution in [0.3, 0.4) is 0 Å². The normalized spacial score (nSPS) is 10.4. The van der Waals surface area contributed by atoms with Gasteiger partial charge in [0.05, 0.1) is 11.4 Å². The van der Waals surface area contributed by atoms with Gasteiger partial charge in [-0.15, -0.1) is 11.3 Å². The molecule has 0 bridgehead atoms. The van der Waals surface area contributed by atoms with Crippen molar-refractivity contribution in [3.63, 3.8) is 0 Å². The van der Waals surface area contributed by atoms with E-state index in [9.17, 15) is 9.59 Å². The quantitative estimate of drug-likeness (QED) is 0.721. The second-order valence-electron chi connectivity index (χ2n) is 4.97. The molecular formula is C17H15N3O3S. The molecule has 24 heavy (non-hydrogen) atoms. The highest BCUT2D eigenvalue weighted by atomic mass is 32.1. The molecule has 0 atom stereocenters. The number of aromatic amines is 1. The molecule has 1 N–H and O–H groups in total. The van der Waals surface area contributed by atoms with Gasteiger partial charge < -0.3 is 9.72 Å². The van der Waals surface area contributed by atoms with Crippen molar-refractivity contribution in [3.05, 3.63) is 65.4 Å². The second kappa shape index (κ2) is 7.10. The average Bonchev–Trinajstić information content (AvgIpc) is 3.26. The number of benzene rings is 1. The number of aromatic nitrogens is 2. The summed E-state index contributed by atoms with van der Waals surface area (Å²) in [6, 6.07) is 12.6. The zero-order chi connectivity index (χ0) is 16.9. The number of para-hydroxylation sites is 1. The van der Waals surface area contributed by atoms with Gasteiger partial charge >= 0.3 is 5.97 Å². The van der Waals surface area contributed by atoms with Gasteiger partial charge in [0.1, 0.15) is 12.3 Å². The van der Waals surface area contributed by atoms with Crippen molar-refractivity contribution in [1.82, 2.24) is 9.97 Å². The van der Waals surface area contributed by atoms with E-state index in [1.807, 2.05) is 30.3 Å². The number of amides is 1. The summed E-state index contributed by atoms with van der Waals surface area (Å²) in [5, 5.41) is 2.32. The van der Waals surface area contributed by atoms with Crippen LogP contribution in [0.5, 0.6) is 0 Å². The minimum absolute atomic E-state index is 0.0505. The van der Waals surface area contributed by atoms with Crippen LogP contribution in [0.15, 0.2) is 54.0 Å². The molecule has 6 nitrogen and oxygen atoms in total. The number of hydrogen-bond donors (Lipinski definition) is 1. The van der Waals surface area contributed by atoms with Crippen molar-refractivity contribution in [2.75, 3.05) is 4.90 Å². The summed E-state index contributed by atoms with van der Waals surface area (Å²) in [6.07, 6.45) is 1.65. The van der Waals surface area contributed by atoms with Crippen LogP contribution in [-0.2, 0) is 16.1 Å². The fourth-order valence-electron chi connectivity index (χ4n) is 2.14. The Balaban J connectivity index is 1.72. The Labute approximate surface area is 142 Å². The zero-order valence-corrected chi connectivity index (χ0v) is 13.7. The van der Waals surface area contributed by atoms with E-state index < -0.39 is 5.97 Å². The number of nitrogens with one attached hydrogen (secondary N) is 1. The van der Waals surface area contributed by atoms with Crippen LogP contribution < -0.4 is 4.90 Å². The number of anilines is 2. The largest absolute Gasteiger partial charge is 0.454 e. The Kier molecular flexibility index (Phi) is 4.72. The first-order chi connectivity index (χ1) is 11.6. The lowest BCUT2D eigenvalue weighted by atomic mass is 10.3. The van der Waals surface area contributed by atoms with E-state index in [-0.39, 0.29) is 12.5 Å². The second-order valence-corrected chi connectivity index (χ2v) is 5.81. The first-order valence-corrected chi connectivity index (χ1v) is 8.14. The predicted molar refractivity (Wildman–Crippen MR) is 91.3 cm³/mol. The fraction of sp³-hybridized carbons (Fsp3) is 0.118. The number of carbonyl (C=O) groups excluding carboxylic acids is 2. The zero-order valence-electron chi connectivity index (χ0n) is 12.9. The number of ether oxygens (including phenoxy) is 1. The Morgan fingerprint density at radius 3 is 2.67 bits per heavy atom. The number of thiazole rings is 1. The maximum atomic E-state index is 12.0. The molecular weight excluding hydrogens is 326 g/mol. The number of carbonyl (C=O) groups is 2. The third-order valence-electron chi connectivity index (χ3n) is 3.23. The van der Waals surface area contributed by atoms with E-state index in [1.54, 1.807) is 23.7 Å². The van der Waals surface area contributed by atoms with Crippen molar-refractivity contribution in [1.29, 1.82) is 0 Å². The number of H-pyrrole nitrogens is 1. The SMILES string of the molecule is CC(=O)N(c1ccccc1)c1nc(COC(=O)c2ccc[nH]2)cs1. The van der Waals surface area contributed by atoms with Crippen LogP contribution in [0.25, 0.3) is 0 Å². The molecule has 0 aliphatic carbocycles. The molecule has 2 heterocycles. The maximum Gasteiger partial charge on any atom is 0.355 e. The summed E-state index contributed by atoms with van der Waals surface area (Å²) in [7, 11) is 0. The number of hydrogen-bond acceptors (Lipinski definition) is 5. The van der Waals surface area contributed by atoms with Gasteiger partial charge in [-0.25, -0.2) is 9.78 Å². The van der Waals surface area contributed by atoms with E-state index in [2.05, 4.69) is 9.97 Å². The first-order valence-electron chi connectivity index (χ1n) is 7.26. The van der Waals surface area contributed by atoms with Crippen molar-refractivity contribution in [3.8, 4) is 0 Å². The van der Waals surface area contributed by atoms with E-state index in [0.29, 0.717) is 16.5 Å². The van der Waals surface area contributed by atoms with Crippen LogP contribution in [0.1, 0.15) is 23.1 Å². The van der Waals surface area contributed by atoms with Gasteiger partial charge in [0.25, 0.3) is 0 Å². The number of rotatable bonds is 5. The minimum atomic E-state index is -0.443. The first kappa shape index (κ1) is 15.9. The van der Waals surface area contributed by atoms with Crippen molar-refractivity contribution in [2.45, 2.75) is 13.5 Å². The smallest absolute Gasteiger partial charge is 0.355 e. The summed E-state index contributed by atoms with van der Waals surface area (Å²) in [6.45, 7) is 1.54. The summed E-state index contributed by atoms with van der Waals surface area (Å²) in [4.78, 5) is 32.5. The fourth-order valence-corrected chi connectivity index (χ4v) is 3.02. The van der Waals surface area contributed by atoms with Gasteiger partial charge in [0.2, 0.25) is 5.91 Å². The Bertz CT molecular complexity index is 828. The summed E-state index contributed by atoms with van der Waals surface area (Å²) in [5.74, 6) is -0.577. The molecule has 2 aromatic heterocycles. The molecule has 1 aromatic carbocycles. The Morgan fingerprint density at radius 2 is 2.00 bits per heavy atom. The lowest BCUT2D eigenvalue weighted by Crippen LogP contribution is -2.22. The van der Waals surface area contributed by atoms with E-state index in [1.165, 1.54) is 23.2 Å². The number of nitrogens with zero attached hydrogens (tertiary/aromatic N) is 2. The highest BCUT2D eigenvalue weighted by molar-refractivity contribution is 7.14. The summed E-state index contributed by atoms with van der Waals surface area (Å²) >= 11 is 1.32. The molecule has 3 aromatic rings. The molecule has 0 spiro atoms. The molecule has 7 heteroatoms. The lowest BCUT2D eigenvalue weighted by molar-refractivity contribution is -0.115. The maximum absolute atomic E-state index is 12.0. The third kappa shape index (κ3) is 3.52. The molecule has 0 fully saturated rings. The van der Waals surface area contributed by atoms with Crippen molar-refractivity contribution in [2.24, 2.45) is 0 Å². The van der Waals surface area contributed by atoms with Crippen LogP contribution in [-0.4, -0.2) is 21.8 Å². The lowest BCUT2D eigenvalue weighted by Gasteiger charge is -2.17. The number of esters is 1. The third-order valence-corrected chi connectivity index (χ3v) is 4.10. The van der Waals surface area contributed by atoms with E-state index in [4.69, 9.17) is 4.74 Å². The minimum Gasteiger partial charge on any atom is -0.454 e. The molecule has 0 aliphatic rings. The molecule has 3 rings (SSSR count). The molecule has 0 saturated carbocycles. The molecule has 0 radical (unpaired) electrons. The van der Waals surface area contributed by atoms with Gasteiger partial charge in [-0.2, -0.15) is 0 Å². The Morgan fingerprint density at radius 1 is 1.21 bits per heavy atom. The van der Waals surface area contributed by atoms with E-state index in [0.717, 1.165) is 5.69 Å². The molecule has 0 unspecified atom stereocenters. The van der Waals surface area contributed by atoms with Crippen LogP contribution in [0.2, 0.25) is 0 Å². The highest BCUT2D eigenvalue weighted by Crippen LogP contribution is 2.28. The standard InChI is InChI=1S/C17H15N3O3S/c1-12(21)20(14-6-3-2-4-7-14)17-19-13(11-24-17)10-23-16(22)15-8-5-9-18-15/h2-9,11,18H,10H2,1H3. The Hall–Kier alpha value is -2.93. The van der Waals surface area contributed by atoms with Crippen LogP contribution >= 0.6 is 11.3 Å². The van der Waals surface area contributed by atoms with Crippen LogP contribution in [0, 0.1) is 0 Å². The predicted octanol–water partition coefficient (Wildman–Crippen LogP) is 3.51. The van der Waals surface area contributed by atoms with Gasteiger partial charge in [0.15, 0.2) is 5.13 Å². The van der Waals surface area contributed by atoms with Gasteiger partial charge in [-0.05, 0) is 24.3 Å². The summed E-state index contributed by atoms with van der Waals surface area (Å²) < 4.78 is 5.20. The molecule has 0 saturated heterocycles. The molecule has 1 amide bonds. The molecule has 122 valence electrons. The van der Waals surface area contributed by atoms with Gasteiger partial charge in [-0.1, -0.05) is 18.2 Å². The van der Waals surface area contributed by atoms with Crippen LogP contribution in [0.4, 0.5) is 10.8 Å². The van der Waals surface area contributed by atoms with Gasteiger partial charge in [0, 0.05) is 18.5 Å². The van der Waals surface area contributed by atoms with Gasteiger partial charge in [-0.3, -0.25) is 9.69 Å². The highest BCUT2D eigenvalue weighted by Gasteiger charge is 2.18. The summed E-state index contributed by atoms with van der Waals surface area (Å²) in [5.41, 5.74) is 1.73. The molecule has 0 aliphatic heterocycles. The van der Waals surface area contributed by atoms with Crippen molar-refractivity contribution < 1.29 is 14.3 Å². The monoisotopic (exact) mass is 341 g/mol. The topological polar surface area (TPSA) is 75.3 Å². The van der Waals surface area contributed by atoms with E-state index >= 15 is 0 Å². The van der Waals surface area contributed by atoms with Crippen molar-refractivity contribution >= 4 is 34.0 Å². The average molecular weight is 341 g/mol.